The van der Waals surface area contributed by atoms with Gasteiger partial charge in [0.2, 0.25) is 0 Å². The highest BCUT2D eigenvalue weighted by Crippen LogP contribution is 2.04. The third kappa shape index (κ3) is 2.32. The molecule has 0 saturated heterocycles. The van der Waals surface area contributed by atoms with Crippen molar-refractivity contribution in [2.24, 2.45) is 0 Å². The lowest BCUT2D eigenvalue weighted by atomic mass is 10.1. The van der Waals surface area contributed by atoms with Gasteiger partial charge in [0.1, 0.15) is 0 Å². The molecule has 3 rings (SSSR count). The third-order valence-electron chi connectivity index (χ3n) is 3.74. The van der Waals surface area contributed by atoms with Gasteiger partial charge in [-0.1, -0.05) is 41.9 Å². The first-order chi connectivity index (χ1) is 10.6. The van der Waals surface area contributed by atoms with Crippen LogP contribution in [0.15, 0.2) is 41.5 Å². The number of H-pyrrole nitrogens is 1. The summed E-state index contributed by atoms with van der Waals surface area (Å²) in [5.41, 5.74) is 2.44. The zero-order chi connectivity index (χ0) is 15.7. The van der Waals surface area contributed by atoms with Crippen LogP contribution in [-0.4, -0.2) is 20.7 Å². The number of Topliss-reactive ketones (excluding diaryl/α,β-unsaturated/α-hetero) is 1. The maximum Gasteiger partial charge on any atom is 0.331 e. The van der Waals surface area contributed by atoms with Crippen LogP contribution in [0.25, 0.3) is 5.65 Å². The number of nitrogens with zero attached hydrogens (tertiary/aromatic N) is 3. The Labute approximate surface area is 127 Å². The summed E-state index contributed by atoms with van der Waals surface area (Å²) in [7, 11) is 0. The normalized spacial score (nSPS) is 11.0. The lowest BCUT2D eigenvalue weighted by Gasteiger charge is -2.01. The molecule has 2 aromatic heterocycles. The van der Waals surface area contributed by atoms with Crippen molar-refractivity contribution in [1.82, 2.24) is 14.9 Å². The highest BCUT2D eigenvalue weighted by atomic mass is 16.1. The van der Waals surface area contributed by atoms with Crippen molar-refractivity contribution < 1.29 is 9.31 Å². The van der Waals surface area contributed by atoms with Gasteiger partial charge in [0.15, 0.2) is 12.3 Å². The number of aryl methyl sites for hydroxylation is 1. The van der Waals surface area contributed by atoms with Gasteiger partial charge >= 0.3 is 5.65 Å². The molecule has 0 aliphatic heterocycles. The molecular weight excluding hydrogens is 280 g/mol. The second kappa shape index (κ2) is 5.55. The highest BCUT2D eigenvalue weighted by molar-refractivity contribution is 5.95. The molecule has 3 aromatic rings. The topological polar surface area (TPSA) is 71.8 Å². The van der Waals surface area contributed by atoms with Gasteiger partial charge in [-0.15, -0.1) is 4.52 Å². The van der Waals surface area contributed by atoms with E-state index in [-0.39, 0.29) is 17.8 Å². The van der Waals surface area contributed by atoms with Crippen LogP contribution in [-0.2, 0) is 13.0 Å². The maximum absolute atomic E-state index is 12.6. The summed E-state index contributed by atoms with van der Waals surface area (Å²) >= 11 is 0. The van der Waals surface area contributed by atoms with Crippen LogP contribution < -0.4 is 9.94 Å². The maximum atomic E-state index is 12.6. The monoisotopic (exact) mass is 297 g/mol. The molecule has 1 N–H and O–H groups in total. The van der Waals surface area contributed by atoms with Crippen LogP contribution in [0.1, 0.15) is 28.5 Å². The van der Waals surface area contributed by atoms with Crippen molar-refractivity contribution in [2.75, 3.05) is 0 Å². The van der Waals surface area contributed by atoms with E-state index in [0.29, 0.717) is 23.2 Å². The van der Waals surface area contributed by atoms with E-state index in [1.165, 1.54) is 11.0 Å². The van der Waals surface area contributed by atoms with E-state index in [1.54, 1.807) is 16.6 Å². The average molecular weight is 297 g/mol. The van der Waals surface area contributed by atoms with Crippen molar-refractivity contribution >= 4 is 11.4 Å². The molecule has 1 aromatic carbocycles. The molecule has 112 valence electrons. The summed E-state index contributed by atoms with van der Waals surface area (Å²) in [6, 6.07) is 9.00. The molecule has 0 spiro atoms. The van der Waals surface area contributed by atoms with E-state index >= 15 is 0 Å². The number of benzene rings is 1. The molecule has 0 radical (unpaired) electrons. The SMILES string of the molecule is CCc1c(C)[nH][n+]2cnn(CC(=O)c3ccccc3)c2c1=O. The molecule has 0 fully saturated rings. The fraction of sp³-hybridized carbons (Fsp3) is 0.250. The predicted molar refractivity (Wildman–Crippen MR) is 80.9 cm³/mol. The van der Waals surface area contributed by atoms with Crippen molar-refractivity contribution in [3.05, 3.63) is 63.7 Å². The summed E-state index contributed by atoms with van der Waals surface area (Å²) in [4.78, 5) is 24.9. The second-order valence-electron chi connectivity index (χ2n) is 5.17. The van der Waals surface area contributed by atoms with Gasteiger partial charge in [0.25, 0.3) is 11.8 Å². The number of nitrogens with one attached hydrogen (secondary N) is 1. The lowest BCUT2D eigenvalue weighted by molar-refractivity contribution is -0.582. The number of carbonyl (C=O) groups is 1. The zero-order valence-electron chi connectivity index (χ0n) is 12.5. The average Bonchev–Trinajstić information content (AvgIpc) is 2.91. The Balaban J connectivity index is 2.05. The van der Waals surface area contributed by atoms with Crippen molar-refractivity contribution in [1.29, 1.82) is 0 Å². The number of ketones is 1. The van der Waals surface area contributed by atoms with E-state index in [0.717, 1.165) is 5.69 Å². The highest BCUT2D eigenvalue weighted by Gasteiger charge is 2.22. The van der Waals surface area contributed by atoms with Gasteiger partial charge < -0.3 is 0 Å². The van der Waals surface area contributed by atoms with E-state index in [4.69, 9.17) is 0 Å². The number of rotatable bonds is 4. The minimum atomic E-state index is -0.0860. The van der Waals surface area contributed by atoms with Crippen LogP contribution in [0.3, 0.4) is 0 Å². The predicted octanol–water partition coefficient (Wildman–Crippen LogP) is 1.06. The van der Waals surface area contributed by atoms with Gasteiger partial charge in [-0.3, -0.25) is 9.59 Å². The van der Waals surface area contributed by atoms with E-state index in [9.17, 15) is 9.59 Å². The Morgan fingerprint density at radius 2 is 2.05 bits per heavy atom. The molecule has 22 heavy (non-hydrogen) atoms. The summed E-state index contributed by atoms with van der Waals surface area (Å²) < 4.78 is 3.02. The van der Waals surface area contributed by atoms with Gasteiger partial charge in [-0.05, 0) is 13.3 Å². The van der Waals surface area contributed by atoms with Crippen molar-refractivity contribution in [3.63, 3.8) is 0 Å². The molecule has 0 atom stereocenters. The number of aromatic nitrogens is 4. The van der Waals surface area contributed by atoms with Gasteiger partial charge in [-0.2, -0.15) is 0 Å². The minimum absolute atomic E-state index is 0.0375. The molecule has 0 saturated carbocycles. The Bertz CT molecular complexity index is 894. The fourth-order valence-corrected chi connectivity index (χ4v) is 2.60. The van der Waals surface area contributed by atoms with Crippen LogP contribution in [0.2, 0.25) is 0 Å². The number of hydrogen-bond acceptors (Lipinski definition) is 3. The van der Waals surface area contributed by atoms with E-state index in [1.807, 2.05) is 32.0 Å². The number of aromatic amines is 1. The molecular formula is C16H17N4O2+. The molecule has 0 aliphatic carbocycles. The van der Waals surface area contributed by atoms with Gasteiger partial charge in [0.05, 0.1) is 0 Å². The van der Waals surface area contributed by atoms with Crippen LogP contribution in [0.4, 0.5) is 0 Å². The van der Waals surface area contributed by atoms with Gasteiger partial charge in [0, 0.05) is 21.9 Å². The Kier molecular flexibility index (Phi) is 3.58. The molecule has 0 unspecified atom stereocenters. The minimum Gasteiger partial charge on any atom is -0.290 e. The van der Waals surface area contributed by atoms with Crippen LogP contribution in [0.5, 0.6) is 0 Å². The fourth-order valence-electron chi connectivity index (χ4n) is 2.60. The van der Waals surface area contributed by atoms with E-state index in [2.05, 4.69) is 10.2 Å². The Morgan fingerprint density at radius 3 is 2.73 bits per heavy atom. The Hall–Kier alpha value is -2.76. The third-order valence-corrected chi connectivity index (χ3v) is 3.74. The summed E-state index contributed by atoms with van der Waals surface area (Å²) in [5, 5.41) is 7.27. The zero-order valence-corrected chi connectivity index (χ0v) is 12.5. The molecule has 6 nitrogen and oxygen atoms in total. The molecule has 6 heteroatoms. The summed E-state index contributed by atoms with van der Waals surface area (Å²) in [6.07, 6.45) is 2.15. The lowest BCUT2D eigenvalue weighted by Crippen LogP contribution is -2.35. The second-order valence-corrected chi connectivity index (χ2v) is 5.17. The van der Waals surface area contributed by atoms with Crippen LogP contribution >= 0.6 is 0 Å². The molecule has 0 aliphatic rings. The van der Waals surface area contributed by atoms with Crippen molar-refractivity contribution in [3.8, 4) is 0 Å². The summed E-state index contributed by atoms with van der Waals surface area (Å²) in [5.74, 6) is -0.0794. The van der Waals surface area contributed by atoms with E-state index < -0.39 is 0 Å². The first-order valence-corrected chi connectivity index (χ1v) is 7.19. The first kappa shape index (κ1) is 14.2. The first-order valence-electron chi connectivity index (χ1n) is 7.19. The summed E-state index contributed by atoms with van der Waals surface area (Å²) in [6.45, 7) is 3.83. The molecule has 0 bridgehead atoms. The molecule has 2 heterocycles. The van der Waals surface area contributed by atoms with Gasteiger partial charge in [-0.25, -0.2) is 5.10 Å². The van der Waals surface area contributed by atoms with Crippen LogP contribution in [0, 0.1) is 6.92 Å². The standard InChI is InChI=1S/C16H16N4O2/c1-3-13-11(2)18-20-10-17-19(16(20)15(13)22)9-14(21)12-7-5-4-6-8-12/h4-8,10H,3,9H2,1-2H3/p+1. The number of fused-ring (bicyclic) bond motifs is 1. The number of carbonyl (C=O) groups excluding carboxylic acids is 1. The Morgan fingerprint density at radius 1 is 1.32 bits per heavy atom. The quantitative estimate of drug-likeness (QED) is 0.578. The largest absolute Gasteiger partial charge is 0.331 e. The smallest absolute Gasteiger partial charge is 0.290 e. The van der Waals surface area contributed by atoms with Crippen molar-refractivity contribution in [2.45, 2.75) is 26.8 Å². The molecule has 0 amide bonds. The number of hydrogen-bond donors (Lipinski definition) is 1.